The molecule has 0 nitrogen and oxygen atoms in total. The summed E-state index contributed by atoms with van der Waals surface area (Å²) in [5, 5.41) is 0. The van der Waals surface area contributed by atoms with Gasteiger partial charge in [-0.1, -0.05) is 81.1 Å². The first-order chi connectivity index (χ1) is 13.7. The van der Waals surface area contributed by atoms with Crippen molar-refractivity contribution in [3.05, 3.63) is 0 Å². The first kappa shape index (κ1) is 23.7. The largest absolute Gasteiger partial charge is 0.0651 e. The average Bonchev–Trinajstić information content (AvgIpc) is 3.05. The van der Waals surface area contributed by atoms with Crippen LogP contribution < -0.4 is 0 Å². The van der Waals surface area contributed by atoms with E-state index >= 15 is 0 Å². The maximum Gasteiger partial charge on any atom is -0.0264 e. The van der Waals surface area contributed by atoms with Crippen molar-refractivity contribution in [1.82, 2.24) is 0 Å². The van der Waals surface area contributed by atoms with E-state index in [1.54, 1.807) is 12.8 Å². The Morgan fingerprint density at radius 2 is 1.55 bits per heavy atom. The van der Waals surface area contributed by atoms with Crippen molar-refractivity contribution < 1.29 is 0 Å². The van der Waals surface area contributed by atoms with Gasteiger partial charge in [0.15, 0.2) is 0 Å². The highest BCUT2D eigenvalue weighted by molar-refractivity contribution is 5.08. The molecule has 0 spiro atoms. The molecule has 3 aliphatic carbocycles. The summed E-state index contributed by atoms with van der Waals surface area (Å²) >= 11 is 0. The Kier molecular flexibility index (Phi) is 7.54. The van der Waals surface area contributed by atoms with Crippen molar-refractivity contribution in [1.29, 1.82) is 0 Å². The molecule has 0 radical (unpaired) electrons. The third kappa shape index (κ3) is 4.09. The summed E-state index contributed by atoms with van der Waals surface area (Å²) in [5.74, 6) is 7.79. The molecule has 0 aromatic heterocycles. The molecule has 0 aliphatic heterocycles. The van der Waals surface area contributed by atoms with Crippen LogP contribution in [-0.4, -0.2) is 0 Å². The monoisotopic (exact) mass is 402 g/mol. The second kappa shape index (κ2) is 9.24. The van der Waals surface area contributed by atoms with E-state index in [-0.39, 0.29) is 0 Å². The summed E-state index contributed by atoms with van der Waals surface area (Å²) in [5.41, 5.74) is 1.27. The highest BCUT2D eigenvalue weighted by Gasteiger charge is 2.59. The van der Waals surface area contributed by atoms with Gasteiger partial charge in [0.1, 0.15) is 0 Å². The van der Waals surface area contributed by atoms with Crippen molar-refractivity contribution in [3.8, 4) is 0 Å². The van der Waals surface area contributed by atoms with Crippen molar-refractivity contribution in [2.45, 2.75) is 126 Å². The molecule has 29 heavy (non-hydrogen) atoms. The Labute approximate surface area is 184 Å². The predicted molar refractivity (Wildman–Crippen MR) is 129 cm³/mol. The van der Waals surface area contributed by atoms with E-state index < -0.39 is 0 Å². The van der Waals surface area contributed by atoms with Crippen molar-refractivity contribution in [2.24, 2.45) is 58.2 Å². The van der Waals surface area contributed by atoms with Crippen LogP contribution in [0.25, 0.3) is 0 Å². The van der Waals surface area contributed by atoms with Crippen LogP contribution in [0.4, 0.5) is 0 Å². The Bertz CT molecular complexity index is 520. The Hall–Kier alpha value is 0. The van der Waals surface area contributed by atoms with Crippen molar-refractivity contribution in [3.63, 3.8) is 0 Å². The van der Waals surface area contributed by atoms with E-state index in [9.17, 15) is 0 Å². The fourth-order valence-electron chi connectivity index (χ4n) is 9.42. The molecule has 0 bridgehead atoms. The van der Waals surface area contributed by atoms with Gasteiger partial charge in [0.2, 0.25) is 0 Å². The van der Waals surface area contributed by atoms with E-state index in [4.69, 9.17) is 0 Å². The van der Waals surface area contributed by atoms with Crippen LogP contribution in [0.2, 0.25) is 0 Å². The fraction of sp³-hybridized carbons (Fsp3) is 1.00. The van der Waals surface area contributed by atoms with Gasteiger partial charge in [-0.05, 0) is 103 Å². The average molecular weight is 403 g/mol. The number of fused-ring (bicyclic) bond motifs is 3. The topological polar surface area (TPSA) is 0 Å². The highest BCUT2D eigenvalue weighted by Crippen LogP contribution is 2.67. The molecule has 3 aliphatic rings. The molecule has 3 saturated carbocycles. The third-order valence-electron chi connectivity index (χ3n) is 11.5. The number of hydrogen-bond donors (Lipinski definition) is 0. The minimum atomic E-state index is 0.619. The van der Waals surface area contributed by atoms with Crippen molar-refractivity contribution in [2.75, 3.05) is 0 Å². The van der Waals surface area contributed by atoms with Gasteiger partial charge in [0.05, 0.1) is 0 Å². The van der Waals surface area contributed by atoms with E-state index in [0.29, 0.717) is 10.8 Å². The highest BCUT2D eigenvalue weighted by atomic mass is 14.6. The lowest BCUT2D eigenvalue weighted by Gasteiger charge is -2.59. The molecule has 0 N–H and O–H groups in total. The summed E-state index contributed by atoms with van der Waals surface area (Å²) in [7, 11) is 0. The van der Waals surface area contributed by atoms with Crippen LogP contribution in [-0.2, 0) is 0 Å². The van der Waals surface area contributed by atoms with Gasteiger partial charge < -0.3 is 0 Å². The maximum atomic E-state index is 2.75. The first-order valence-corrected chi connectivity index (χ1v) is 13.7. The zero-order chi connectivity index (χ0) is 21.4. The molecule has 3 rings (SSSR count). The standard InChI is InChI=1S/C29H54/c1-9-22(20(4)5)13-12-21(6)25-16-17-26-24-15-14-23(10-2)28(7,11-3)27(24)18-19-29(25,26)8/h20-27H,9-19H2,1-8H3. The molecule has 0 heteroatoms. The molecule has 0 aromatic rings. The summed E-state index contributed by atoms with van der Waals surface area (Å²) in [4.78, 5) is 0. The zero-order valence-corrected chi connectivity index (χ0v) is 21.4. The van der Waals surface area contributed by atoms with Crippen LogP contribution in [0.1, 0.15) is 126 Å². The molecule has 3 fully saturated rings. The third-order valence-corrected chi connectivity index (χ3v) is 11.5. The number of rotatable bonds is 8. The lowest BCUT2D eigenvalue weighted by Crippen LogP contribution is -2.52. The maximum absolute atomic E-state index is 2.75. The lowest BCUT2D eigenvalue weighted by molar-refractivity contribution is -0.103. The molecular weight excluding hydrogens is 348 g/mol. The Balaban J connectivity index is 1.71. The molecule has 170 valence electrons. The van der Waals surface area contributed by atoms with Crippen molar-refractivity contribution >= 4 is 0 Å². The second-order valence-electron chi connectivity index (χ2n) is 12.6. The molecule has 0 aromatic carbocycles. The van der Waals surface area contributed by atoms with Crippen LogP contribution >= 0.6 is 0 Å². The van der Waals surface area contributed by atoms with E-state index in [2.05, 4.69) is 55.4 Å². The predicted octanol–water partition coefficient (Wildman–Crippen LogP) is 9.38. The van der Waals surface area contributed by atoms with Crippen LogP contribution in [0.3, 0.4) is 0 Å². The van der Waals surface area contributed by atoms with Gasteiger partial charge in [-0.2, -0.15) is 0 Å². The van der Waals surface area contributed by atoms with E-state index in [1.807, 2.05) is 0 Å². The summed E-state index contributed by atoms with van der Waals surface area (Å²) < 4.78 is 0. The minimum Gasteiger partial charge on any atom is -0.0651 e. The van der Waals surface area contributed by atoms with Crippen LogP contribution in [0.15, 0.2) is 0 Å². The van der Waals surface area contributed by atoms with Gasteiger partial charge in [-0.25, -0.2) is 0 Å². The smallest absolute Gasteiger partial charge is 0.0264 e. The number of hydrogen-bond acceptors (Lipinski definition) is 0. The van der Waals surface area contributed by atoms with E-state index in [0.717, 1.165) is 47.3 Å². The second-order valence-corrected chi connectivity index (χ2v) is 12.6. The van der Waals surface area contributed by atoms with Gasteiger partial charge in [-0.3, -0.25) is 0 Å². The van der Waals surface area contributed by atoms with Crippen LogP contribution in [0, 0.1) is 58.2 Å². The molecule has 9 atom stereocenters. The summed E-state index contributed by atoms with van der Waals surface area (Å²) in [6.07, 6.45) is 16.3. The summed E-state index contributed by atoms with van der Waals surface area (Å²) in [6.45, 7) is 20.3. The van der Waals surface area contributed by atoms with Gasteiger partial charge >= 0.3 is 0 Å². The van der Waals surface area contributed by atoms with Gasteiger partial charge in [0.25, 0.3) is 0 Å². The molecule has 0 heterocycles. The SMILES string of the molecule is CCC(CCC(C)C1CCC2C3CCC(CC)C(C)(CC)C3CCC12C)C(C)C. The van der Waals surface area contributed by atoms with E-state index in [1.165, 1.54) is 57.8 Å². The van der Waals surface area contributed by atoms with Gasteiger partial charge in [0, 0.05) is 0 Å². The first-order valence-electron chi connectivity index (χ1n) is 13.7. The molecule has 0 saturated heterocycles. The Morgan fingerprint density at radius 1 is 0.828 bits per heavy atom. The molecular formula is C29H54. The minimum absolute atomic E-state index is 0.619. The summed E-state index contributed by atoms with van der Waals surface area (Å²) in [6, 6.07) is 0. The quantitative estimate of drug-likeness (QED) is 0.379. The zero-order valence-electron chi connectivity index (χ0n) is 21.4. The van der Waals surface area contributed by atoms with Gasteiger partial charge in [-0.15, -0.1) is 0 Å². The molecule has 9 unspecified atom stereocenters. The fourth-order valence-corrected chi connectivity index (χ4v) is 9.42. The lowest BCUT2D eigenvalue weighted by atomic mass is 9.46. The molecule has 0 amide bonds. The Morgan fingerprint density at radius 3 is 2.14 bits per heavy atom. The van der Waals surface area contributed by atoms with Crippen LogP contribution in [0.5, 0.6) is 0 Å². The normalized spacial score (nSPS) is 44.4.